The van der Waals surface area contributed by atoms with Crippen molar-refractivity contribution in [2.45, 2.75) is 25.8 Å². The summed E-state index contributed by atoms with van der Waals surface area (Å²) < 4.78 is 5.00. The van der Waals surface area contributed by atoms with Crippen LogP contribution in [0.3, 0.4) is 0 Å². The number of ether oxygens (including phenoxy) is 1. The number of likely N-dealkylation sites (tertiary alicyclic amines) is 1. The maximum atomic E-state index is 12.5. The van der Waals surface area contributed by atoms with Gasteiger partial charge in [0.1, 0.15) is 5.69 Å². The average molecular weight is 394 g/mol. The SMILES string of the molecule is CCOC(=O)N1CCC(NC(=O)c2ccnc(Nc3ccc(C#N)cc3)n2)CC1. The van der Waals surface area contributed by atoms with E-state index >= 15 is 0 Å². The molecule has 1 aromatic carbocycles. The third-order valence-electron chi connectivity index (χ3n) is 4.51. The van der Waals surface area contributed by atoms with Crippen molar-refractivity contribution < 1.29 is 14.3 Å². The third-order valence-corrected chi connectivity index (χ3v) is 4.51. The summed E-state index contributed by atoms with van der Waals surface area (Å²) in [4.78, 5) is 34.3. The number of aromatic nitrogens is 2. The molecule has 0 unspecified atom stereocenters. The van der Waals surface area contributed by atoms with E-state index in [1.807, 2.05) is 0 Å². The van der Waals surface area contributed by atoms with Crippen molar-refractivity contribution in [2.24, 2.45) is 0 Å². The van der Waals surface area contributed by atoms with E-state index in [-0.39, 0.29) is 23.7 Å². The van der Waals surface area contributed by atoms with Crippen LogP contribution in [0.15, 0.2) is 36.5 Å². The predicted molar refractivity (Wildman–Crippen MR) is 106 cm³/mol. The molecule has 0 saturated carbocycles. The molecule has 9 nitrogen and oxygen atoms in total. The fourth-order valence-electron chi connectivity index (χ4n) is 2.98. The van der Waals surface area contributed by atoms with E-state index in [2.05, 4.69) is 26.7 Å². The van der Waals surface area contributed by atoms with Crippen molar-refractivity contribution in [1.29, 1.82) is 5.26 Å². The lowest BCUT2D eigenvalue weighted by Crippen LogP contribution is -2.46. The number of nitrogens with one attached hydrogen (secondary N) is 2. The summed E-state index contributed by atoms with van der Waals surface area (Å²) in [5.74, 6) is 0.00403. The van der Waals surface area contributed by atoms with E-state index < -0.39 is 0 Å². The van der Waals surface area contributed by atoms with Crippen LogP contribution < -0.4 is 10.6 Å². The first-order valence-corrected chi connectivity index (χ1v) is 9.42. The number of carbonyl (C=O) groups excluding carboxylic acids is 2. The Bertz CT molecular complexity index is 901. The first-order valence-electron chi connectivity index (χ1n) is 9.42. The fourth-order valence-corrected chi connectivity index (χ4v) is 2.98. The third kappa shape index (κ3) is 5.42. The van der Waals surface area contributed by atoms with Gasteiger partial charge in [-0.2, -0.15) is 5.26 Å². The smallest absolute Gasteiger partial charge is 0.409 e. The highest BCUT2D eigenvalue weighted by atomic mass is 16.6. The van der Waals surface area contributed by atoms with Crippen LogP contribution in [0.2, 0.25) is 0 Å². The van der Waals surface area contributed by atoms with E-state index in [0.717, 1.165) is 0 Å². The Kier molecular flexibility index (Phi) is 6.58. The number of rotatable bonds is 5. The number of nitrogens with zero attached hydrogens (tertiary/aromatic N) is 4. The lowest BCUT2D eigenvalue weighted by molar-refractivity contribution is 0.0856. The highest BCUT2D eigenvalue weighted by Crippen LogP contribution is 2.15. The minimum absolute atomic E-state index is 0.0296. The lowest BCUT2D eigenvalue weighted by Gasteiger charge is -2.31. The van der Waals surface area contributed by atoms with Crippen LogP contribution in [-0.4, -0.2) is 52.6 Å². The number of hydrogen-bond donors (Lipinski definition) is 2. The molecule has 9 heteroatoms. The van der Waals surface area contributed by atoms with Gasteiger partial charge < -0.3 is 20.3 Å². The van der Waals surface area contributed by atoms with Crippen molar-refractivity contribution >= 4 is 23.6 Å². The van der Waals surface area contributed by atoms with Crippen LogP contribution in [0.25, 0.3) is 0 Å². The Labute approximate surface area is 168 Å². The zero-order chi connectivity index (χ0) is 20.6. The van der Waals surface area contributed by atoms with Crippen molar-refractivity contribution in [1.82, 2.24) is 20.2 Å². The van der Waals surface area contributed by atoms with E-state index in [0.29, 0.717) is 49.7 Å². The van der Waals surface area contributed by atoms with E-state index in [1.54, 1.807) is 42.2 Å². The second kappa shape index (κ2) is 9.50. The van der Waals surface area contributed by atoms with Crippen molar-refractivity contribution in [3.05, 3.63) is 47.8 Å². The van der Waals surface area contributed by atoms with Crippen LogP contribution in [0.1, 0.15) is 35.8 Å². The molecule has 2 amide bonds. The number of benzene rings is 1. The van der Waals surface area contributed by atoms with Gasteiger partial charge in [0.25, 0.3) is 5.91 Å². The molecule has 1 fully saturated rings. The standard InChI is InChI=1S/C20H22N6O3/c1-2-29-20(28)26-11-8-16(9-12-26)23-18(27)17-7-10-22-19(25-17)24-15-5-3-14(13-21)4-6-15/h3-7,10,16H,2,8-9,11-12H2,1H3,(H,23,27)(H,22,24,25). The summed E-state index contributed by atoms with van der Waals surface area (Å²) >= 11 is 0. The van der Waals surface area contributed by atoms with Crippen LogP contribution in [0.4, 0.5) is 16.4 Å². The molecule has 0 radical (unpaired) electrons. The van der Waals surface area contributed by atoms with Crippen LogP contribution in [0.5, 0.6) is 0 Å². The van der Waals surface area contributed by atoms with Gasteiger partial charge in [-0.05, 0) is 50.1 Å². The molecule has 0 bridgehead atoms. The first-order chi connectivity index (χ1) is 14.1. The van der Waals surface area contributed by atoms with Gasteiger partial charge >= 0.3 is 6.09 Å². The maximum Gasteiger partial charge on any atom is 0.409 e. The molecule has 0 aliphatic carbocycles. The minimum atomic E-state index is -0.313. The molecule has 29 heavy (non-hydrogen) atoms. The highest BCUT2D eigenvalue weighted by Gasteiger charge is 2.25. The number of amides is 2. The Hall–Kier alpha value is -3.67. The molecule has 0 atom stereocenters. The maximum absolute atomic E-state index is 12.5. The van der Waals surface area contributed by atoms with Gasteiger partial charge in [0, 0.05) is 31.0 Å². The number of anilines is 2. The molecular weight excluding hydrogens is 372 g/mol. The minimum Gasteiger partial charge on any atom is -0.450 e. The Morgan fingerprint density at radius 2 is 1.97 bits per heavy atom. The number of nitriles is 1. The molecule has 1 aromatic heterocycles. The molecule has 2 heterocycles. The van der Waals surface area contributed by atoms with Gasteiger partial charge in [0.2, 0.25) is 5.95 Å². The second-order valence-corrected chi connectivity index (χ2v) is 6.51. The number of hydrogen-bond acceptors (Lipinski definition) is 7. The fraction of sp³-hybridized carbons (Fsp3) is 0.350. The Balaban J connectivity index is 1.55. The summed E-state index contributed by atoms with van der Waals surface area (Å²) in [6.45, 7) is 3.21. The number of carbonyl (C=O) groups is 2. The van der Waals surface area contributed by atoms with Crippen LogP contribution in [0, 0.1) is 11.3 Å². The van der Waals surface area contributed by atoms with Crippen LogP contribution in [-0.2, 0) is 4.74 Å². The average Bonchev–Trinajstić information content (AvgIpc) is 2.75. The molecule has 150 valence electrons. The molecule has 2 aromatic rings. The molecule has 1 aliphatic rings. The normalized spacial score (nSPS) is 14.0. The van der Waals surface area contributed by atoms with Gasteiger partial charge in [0.05, 0.1) is 18.2 Å². The highest BCUT2D eigenvalue weighted by molar-refractivity contribution is 5.92. The Morgan fingerprint density at radius 1 is 1.24 bits per heavy atom. The predicted octanol–water partition coefficient (Wildman–Crippen LogP) is 2.44. The van der Waals surface area contributed by atoms with E-state index in [9.17, 15) is 9.59 Å². The second-order valence-electron chi connectivity index (χ2n) is 6.51. The quantitative estimate of drug-likeness (QED) is 0.799. The number of piperidine rings is 1. The van der Waals surface area contributed by atoms with Gasteiger partial charge in [-0.25, -0.2) is 14.8 Å². The molecular formula is C20H22N6O3. The van der Waals surface area contributed by atoms with Gasteiger partial charge in [-0.1, -0.05) is 0 Å². The zero-order valence-corrected chi connectivity index (χ0v) is 16.1. The molecule has 2 N–H and O–H groups in total. The van der Waals surface area contributed by atoms with E-state index in [4.69, 9.17) is 10.00 Å². The Morgan fingerprint density at radius 3 is 2.62 bits per heavy atom. The summed E-state index contributed by atoms with van der Waals surface area (Å²) in [6, 6.07) is 10.4. The van der Waals surface area contributed by atoms with Crippen molar-refractivity contribution in [3.8, 4) is 6.07 Å². The van der Waals surface area contributed by atoms with Crippen molar-refractivity contribution in [2.75, 3.05) is 25.0 Å². The molecule has 0 spiro atoms. The molecule has 1 saturated heterocycles. The zero-order valence-electron chi connectivity index (χ0n) is 16.1. The van der Waals surface area contributed by atoms with Gasteiger partial charge in [-0.3, -0.25) is 4.79 Å². The van der Waals surface area contributed by atoms with Crippen molar-refractivity contribution in [3.63, 3.8) is 0 Å². The topological polar surface area (TPSA) is 120 Å². The summed E-state index contributed by atoms with van der Waals surface area (Å²) in [7, 11) is 0. The molecule has 1 aliphatic heterocycles. The monoisotopic (exact) mass is 394 g/mol. The lowest BCUT2D eigenvalue weighted by atomic mass is 10.1. The molecule has 3 rings (SSSR count). The summed E-state index contributed by atoms with van der Waals surface area (Å²) in [5, 5.41) is 14.8. The van der Waals surface area contributed by atoms with Gasteiger partial charge in [-0.15, -0.1) is 0 Å². The summed E-state index contributed by atoms with van der Waals surface area (Å²) in [6.07, 6.45) is 2.52. The van der Waals surface area contributed by atoms with E-state index in [1.165, 1.54) is 6.20 Å². The van der Waals surface area contributed by atoms with Crippen LogP contribution >= 0.6 is 0 Å². The largest absolute Gasteiger partial charge is 0.450 e. The summed E-state index contributed by atoms with van der Waals surface area (Å²) in [5.41, 5.74) is 1.52. The first kappa shape index (κ1) is 20.1. The van der Waals surface area contributed by atoms with Gasteiger partial charge in [0.15, 0.2) is 0 Å².